The minimum absolute atomic E-state index is 0.0184. The minimum Gasteiger partial charge on any atom is -0.352 e. The lowest BCUT2D eigenvalue weighted by molar-refractivity contribution is -0.130. The number of urea groups is 1. The number of imide groups is 1. The molecule has 1 atom stereocenters. The van der Waals surface area contributed by atoms with Crippen LogP contribution in [0.2, 0.25) is 0 Å². The second-order valence-corrected chi connectivity index (χ2v) is 3.52. The second kappa shape index (κ2) is 4.77. The fourth-order valence-electron chi connectivity index (χ4n) is 1.18. The Morgan fingerprint density at radius 1 is 1.60 bits per heavy atom. The van der Waals surface area contributed by atoms with E-state index < -0.39 is 6.03 Å². The molecule has 1 aliphatic rings. The molecule has 1 aliphatic heterocycles. The van der Waals surface area contributed by atoms with Crippen molar-refractivity contribution in [3.63, 3.8) is 0 Å². The molecule has 1 heterocycles. The van der Waals surface area contributed by atoms with Crippen LogP contribution in [0.1, 0.15) is 20.3 Å². The van der Waals surface area contributed by atoms with Crippen LogP contribution in [0.15, 0.2) is 0 Å². The molecule has 1 fully saturated rings. The number of nitrogens with zero attached hydrogens (tertiary/aromatic N) is 1. The van der Waals surface area contributed by atoms with E-state index >= 15 is 0 Å². The summed E-state index contributed by atoms with van der Waals surface area (Å²) in [5.74, 6) is -0.672. The Hall–Kier alpha value is -1.59. The van der Waals surface area contributed by atoms with Gasteiger partial charge in [-0.05, 0) is 13.3 Å². The lowest BCUT2D eigenvalue weighted by atomic mass is 10.2. The van der Waals surface area contributed by atoms with E-state index in [1.807, 2.05) is 13.8 Å². The summed E-state index contributed by atoms with van der Waals surface area (Å²) in [7, 11) is 0. The number of hydrogen-bond donors (Lipinski definition) is 2. The van der Waals surface area contributed by atoms with Gasteiger partial charge in [0.15, 0.2) is 0 Å². The molecule has 1 saturated heterocycles. The van der Waals surface area contributed by atoms with Gasteiger partial charge in [-0.3, -0.25) is 14.5 Å². The summed E-state index contributed by atoms with van der Waals surface area (Å²) < 4.78 is 0. The van der Waals surface area contributed by atoms with Crippen molar-refractivity contribution in [3.8, 4) is 0 Å². The molecule has 4 amide bonds. The summed E-state index contributed by atoms with van der Waals surface area (Å²) in [4.78, 5) is 34.5. The number of carbonyl (C=O) groups is 3. The van der Waals surface area contributed by atoms with Crippen LogP contribution in [0.4, 0.5) is 4.79 Å². The highest BCUT2D eigenvalue weighted by Gasteiger charge is 2.30. The predicted molar refractivity (Wildman–Crippen MR) is 53.0 cm³/mol. The third kappa shape index (κ3) is 2.93. The Bertz CT molecular complexity index is 274. The van der Waals surface area contributed by atoms with Gasteiger partial charge in [-0.15, -0.1) is 0 Å². The van der Waals surface area contributed by atoms with Crippen molar-refractivity contribution in [3.05, 3.63) is 0 Å². The fourth-order valence-corrected chi connectivity index (χ4v) is 1.18. The van der Waals surface area contributed by atoms with Crippen LogP contribution in [-0.4, -0.2) is 41.9 Å². The van der Waals surface area contributed by atoms with Gasteiger partial charge < -0.3 is 10.6 Å². The minimum atomic E-state index is -0.501. The maximum absolute atomic E-state index is 11.4. The number of rotatable bonds is 4. The number of amides is 4. The van der Waals surface area contributed by atoms with Crippen molar-refractivity contribution in [2.45, 2.75) is 26.3 Å². The van der Waals surface area contributed by atoms with E-state index in [4.69, 9.17) is 0 Å². The largest absolute Gasteiger partial charge is 0.352 e. The zero-order chi connectivity index (χ0) is 11.4. The van der Waals surface area contributed by atoms with Crippen molar-refractivity contribution in [1.82, 2.24) is 15.5 Å². The third-order valence-corrected chi connectivity index (χ3v) is 2.26. The summed E-state index contributed by atoms with van der Waals surface area (Å²) in [6.07, 6.45) is 0.811. The molecule has 0 aromatic rings. The lowest BCUT2D eigenvalue weighted by Crippen LogP contribution is -2.43. The van der Waals surface area contributed by atoms with Gasteiger partial charge in [-0.25, -0.2) is 4.79 Å². The van der Waals surface area contributed by atoms with E-state index in [2.05, 4.69) is 10.6 Å². The Morgan fingerprint density at radius 2 is 2.27 bits per heavy atom. The topological polar surface area (TPSA) is 78.5 Å². The first-order valence-corrected chi connectivity index (χ1v) is 4.92. The third-order valence-electron chi connectivity index (χ3n) is 2.26. The highest BCUT2D eigenvalue weighted by atomic mass is 16.2. The molecule has 6 nitrogen and oxygen atoms in total. The molecular formula is C9H15N3O3. The maximum Gasteiger partial charge on any atom is 0.325 e. The Labute approximate surface area is 88.0 Å². The van der Waals surface area contributed by atoms with Gasteiger partial charge in [-0.2, -0.15) is 0 Å². The van der Waals surface area contributed by atoms with E-state index in [0.717, 1.165) is 11.3 Å². The van der Waals surface area contributed by atoms with Crippen LogP contribution in [0.25, 0.3) is 0 Å². The molecule has 0 bridgehead atoms. The van der Waals surface area contributed by atoms with Crippen LogP contribution in [0.3, 0.4) is 0 Å². The molecule has 0 radical (unpaired) electrons. The molecule has 0 aromatic carbocycles. The summed E-state index contributed by atoms with van der Waals surface area (Å²) >= 11 is 0. The smallest absolute Gasteiger partial charge is 0.325 e. The van der Waals surface area contributed by atoms with Crippen LogP contribution in [0, 0.1) is 0 Å². The second-order valence-electron chi connectivity index (χ2n) is 3.52. The zero-order valence-corrected chi connectivity index (χ0v) is 8.87. The van der Waals surface area contributed by atoms with Crippen LogP contribution in [0.5, 0.6) is 0 Å². The molecule has 2 N–H and O–H groups in total. The summed E-state index contributed by atoms with van der Waals surface area (Å²) in [5, 5.41) is 5.03. The van der Waals surface area contributed by atoms with Gasteiger partial charge in [0.05, 0.1) is 6.54 Å². The zero-order valence-electron chi connectivity index (χ0n) is 8.87. The maximum atomic E-state index is 11.4. The van der Waals surface area contributed by atoms with Gasteiger partial charge in [-0.1, -0.05) is 6.92 Å². The molecule has 1 rings (SSSR count). The van der Waals surface area contributed by atoms with Crippen molar-refractivity contribution in [2.75, 3.05) is 13.1 Å². The SMILES string of the molecule is CC[C@H](C)NC(=O)CN1C(=O)CNC1=O. The molecule has 6 heteroatoms. The first-order valence-electron chi connectivity index (χ1n) is 4.92. The summed E-state index contributed by atoms with van der Waals surface area (Å²) in [5.41, 5.74) is 0. The van der Waals surface area contributed by atoms with E-state index in [1.165, 1.54) is 0 Å². The molecule has 15 heavy (non-hydrogen) atoms. The van der Waals surface area contributed by atoms with Gasteiger partial charge in [0.2, 0.25) is 5.91 Å². The normalized spacial score (nSPS) is 17.6. The Kier molecular flexibility index (Phi) is 3.65. The molecule has 0 unspecified atom stereocenters. The van der Waals surface area contributed by atoms with E-state index in [9.17, 15) is 14.4 Å². The first-order chi connectivity index (χ1) is 7.04. The average molecular weight is 213 g/mol. The van der Waals surface area contributed by atoms with Crippen LogP contribution in [-0.2, 0) is 9.59 Å². The molecule has 0 spiro atoms. The highest BCUT2D eigenvalue weighted by Crippen LogP contribution is 1.98. The van der Waals surface area contributed by atoms with Crippen molar-refractivity contribution in [1.29, 1.82) is 0 Å². The molecular weight excluding hydrogens is 198 g/mol. The molecule has 84 valence electrons. The van der Waals surface area contributed by atoms with E-state index in [-0.39, 0.29) is 30.9 Å². The monoisotopic (exact) mass is 213 g/mol. The standard InChI is InChI=1S/C9H15N3O3/c1-3-6(2)11-7(13)5-12-8(14)4-10-9(12)15/h6H,3-5H2,1-2H3,(H,10,15)(H,11,13)/t6-/m0/s1. The number of nitrogens with one attached hydrogen (secondary N) is 2. The predicted octanol–water partition coefficient (Wildman–Crippen LogP) is -0.547. The fraction of sp³-hybridized carbons (Fsp3) is 0.667. The van der Waals surface area contributed by atoms with Gasteiger partial charge >= 0.3 is 6.03 Å². The Balaban J connectivity index is 2.44. The highest BCUT2D eigenvalue weighted by molar-refractivity contribution is 6.04. The van der Waals surface area contributed by atoms with Crippen LogP contribution >= 0.6 is 0 Å². The van der Waals surface area contributed by atoms with Crippen molar-refractivity contribution >= 4 is 17.8 Å². The Morgan fingerprint density at radius 3 is 2.73 bits per heavy atom. The first kappa shape index (κ1) is 11.5. The van der Waals surface area contributed by atoms with Gasteiger partial charge in [0, 0.05) is 6.04 Å². The summed E-state index contributed by atoms with van der Waals surface area (Å²) in [6, 6.07) is -0.447. The van der Waals surface area contributed by atoms with Gasteiger partial charge in [0.25, 0.3) is 5.91 Å². The van der Waals surface area contributed by atoms with Crippen LogP contribution < -0.4 is 10.6 Å². The molecule has 0 aromatic heterocycles. The van der Waals surface area contributed by atoms with E-state index in [0.29, 0.717) is 0 Å². The van der Waals surface area contributed by atoms with Gasteiger partial charge in [0.1, 0.15) is 6.54 Å². The van der Waals surface area contributed by atoms with Crippen molar-refractivity contribution in [2.24, 2.45) is 0 Å². The number of carbonyl (C=O) groups excluding carboxylic acids is 3. The average Bonchev–Trinajstić information content (AvgIpc) is 2.49. The molecule has 0 saturated carbocycles. The lowest BCUT2D eigenvalue weighted by Gasteiger charge is -2.15. The van der Waals surface area contributed by atoms with E-state index in [1.54, 1.807) is 0 Å². The summed E-state index contributed by atoms with van der Waals surface area (Å²) in [6.45, 7) is 3.59. The van der Waals surface area contributed by atoms with Crippen molar-refractivity contribution < 1.29 is 14.4 Å². The molecule has 0 aliphatic carbocycles. The quantitative estimate of drug-likeness (QED) is 0.615. The number of hydrogen-bond acceptors (Lipinski definition) is 3.